The van der Waals surface area contributed by atoms with Gasteiger partial charge in [-0.2, -0.15) is 5.10 Å². The molecule has 16 heavy (non-hydrogen) atoms. The summed E-state index contributed by atoms with van der Waals surface area (Å²) in [6.45, 7) is 3.74. The molecule has 2 saturated heterocycles. The smallest absolute Gasteiger partial charge is 0.323 e. The van der Waals surface area contributed by atoms with Crippen LogP contribution in [0, 0.1) is 0 Å². The minimum Gasteiger partial charge on any atom is -0.461 e. The molecular weight excluding hydrogens is 206 g/mol. The molecule has 2 aliphatic heterocycles. The van der Waals surface area contributed by atoms with Crippen LogP contribution in [0.25, 0.3) is 0 Å². The summed E-state index contributed by atoms with van der Waals surface area (Å²) in [4.78, 5) is 13.7. The first kappa shape index (κ1) is 9.84. The molecule has 2 aliphatic rings. The highest BCUT2D eigenvalue weighted by molar-refractivity contribution is 5.78. The van der Waals surface area contributed by atoms with Crippen molar-refractivity contribution in [1.29, 1.82) is 0 Å². The van der Waals surface area contributed by atoms with Crippen molar-refractivity contribution >= 4 is 5.97 Å². The van der Waals surface area contributed by atoms with E-state index in [0.717, 1.165) is 19.5 Å². The molecular formula is C11H15N3O2. The lowest BCUT2D eigenvalue weighted by atomic mass is 10.0. The lowest BCUT2D eigenvalue weighted by molar-refractivity contribution is -0.146. The molecule has 1 aromatic rings. The molecule has 3 heterocycles. The number of carbonyl (C=O) groups excluding carboxylic acids is 1. The number of nitrogens with zero attached hydrogens (tertiary/aromatic N) is 3. The van der Waals surface area contributed by atoms with Gasteiger partial charge in [0.15, 0.2) is 0 Å². The van der Waals surface area contributed by atoms with Gasteiger partial charge in [0, 0.05) is 31.9 Å². The molecule has 3 rings (SSSR count). The van der Waals surface area contributed by atoms with E-state index in [1.807, 2.05) is 23.9 Å². The van der Waals surface area contributed by atoms with Crippen molar-refractivity contribution in [3.63, 3.8) is 0 Å². The van der Waals surface area contributed by atoms with Gasteiger partial charge < -0.3 is 4.74 Å². The number of carbonyl (C=O) groups is 1. The number of cyclic esters (lactones) is 1. The van der Waals surface area contributed by atoms with Crippen LogP contribution < -0.4 is 0 Å². The maximum atomic E-state index is 11.5. The predicted octanol–water partition coefficient (Wildman–Crippen LogP) is 0.444. The first-order valence-electron chi connectivity index (χ1n) is 5.67. The van der Waals surface area contributed by atoms with E-state index >= 15 is 0 Å². The van der Waals surface area contributed by atoms with E-state index in [-0.39, 0.29) is 18.1 Å². The SMILES string of the molecule is C[C@@H]1C[C@@H](N2CC(n3cccn3)C2)C(=O)O1. The number of rotatable bonds is 2. The van der Waals surface area contributed by atoms with Crippen molar-refractivity contribution in [3.05, 3.63) is 18.5 Å². The molecule has 5 nitrogen and oxygen atoms in total. The second kappa shape index (κ2) is 3.59. The summed E-state index contributed by atoms with van der Waals surface area (Å²) < 4.78 is 7.11. The highest BCUT2D eigenvalue weighted by atomic mass is 16.6. The van der Waals surface area contributed by atoms with Crippen molar-refractivity contribution < 1.29 is 9.53 Å². The van der Waals surface area contributed by atoms with Crippen molar-refractivity contribution in [1.82, 2.24) is 14.7 Å². The van der Waals surface area contributed by atoms with Gasteiger partial charge in [0.2, 0.25) is 0 Å². The number of aromatic nitrogens is 2. The van der Waals surface area contributed by atoms with Gasteiger partial charge in [0.1, 0.15) is 12.1 Å². The van der Waals surface area contributed by atoms with E-state index < -0.39 is 0 Å². The summed E-state index contributed by atoms with van der Waals surface area (Å²) in [5.41, 5.74) is 0. The molecule has 86 valence electrons. The maximum Gasteiger partial charge on any atom is 0.323 e. The van der Waals surface area contributed by atoms with Crippen molar-refractivity contribution in [2.24, 2.45) is 0 Å². The Labute approximate surface area is 94.0 Å². The summed E-state index contributed by atoms with van der Waals surface area (Å²) >= 11 is 0. The normalized spacial score (nSPS) is 31.4. The first-order chi connectivity index (χ1) is 7.74. The van der Waals surface area contributed by atoms with Crippen LogP contribution in [0.1, 0.15) is 19.4 Å². The Morgan fingerprint density at radius 2 is 2.31 bits per heavy atom. The molecule has 2 fully saturated rings. The zero-order chi connectivity index (χ0) is 11.1. The van der Waals surface area contributed by atoms with Crippen LogP contribution in [0.2, 0.25) is 0 Å². The van der Waals surface area contributed by atoms with Gasteiger partial charge >= 0.3 is 5.97 Å². The fourth-order valence-corrected chi connectivity index (χ4v) is 2.44. The Balaban J connectivity index is 1.59. The van der Waals surface area contributed by atoms with Crippen LogP contribution in [-0.2, 0) is 9.53 Å². The van der Waals surface area contributed by atoms with E-state index in [4.69, 9.17) is 4.74 Å². The molecule has 2 atom stereocenters. The van der Waals surface area contributed by atoms with Gasteiger partial charge in [-0.1, -0.05) is 0 Å². The third-order valence-electron chi connectivity index (χ3n) is 3.37. The van der Waals surface area contributed by atoms with E-state index in [2.05, 4.69) is 10.00 Å². The number of hydrogen-bond acceptors (Lipinski definition) is 4. The first-order valence-corrected chi connectivity index (χ1v) is 5.67. The van der Waals surface area contributed by atoms with Crippen LogP contribution in [0.4, 0.5) is 0 Å². The quantitative estimate of drug-likeness (QED) is 0.680. The molecule has 0 N–H and O–H groups in total. The van der Waals surface area contributed by atoms with Gasteiger partial charge in [0.05, 0.1) is 6.04 Å². The molecule has 0 aliphatic carbocycles. The average Bonchev–Trinajstić information content (AvgIpc) is 2.75. The largest absolute Gasteiger partial charge is 0.461 e. The third-order valence-corrected chi connectivity index (χ3v) is 3.37. The van der Waals surface area contributed by atoms with Crippen LogP contribution in [0.5, 0.6) is 0 Å². The number of esters is 1. The minimum atomic E-state index is -0.0635. The van der Waals surface area contributed by atoms with Crippen LogP contribution in [0.3, 0.4) is 0 Å². The highest BCUT2D eigenvalue weighted by Gasteiger charge is 2.42. The fraction of sp³-hybridized carbons (Fsp3) is 0.636. The van der Waals surface area contributed by atoms with Gasteiger partial charge in [-0.15, -0.1) is 0 Å². The Morgan fingerprint density at radius 3 is 2.88 bits per heavy atom. The van der Waals surface area contributed by atoms with Crippen molar-refractivity contribution in [2.45, 2.75) is 31.5 Å². The lowest BCUT2D eigenvalue weighted by Crippen LogP contribution is -2.54. The molecule has 0 saturated carbocycles. The van der Waals surface area contributed by atoms with E-state index in [1.165, 1.54) is 0 Å². The Hall–Kier alpha value is -1.36. The Kier molecular flexibility index (Phi) is 2.21. The molecule has 0 spiro atoms. The summed E-state index contributed by atoms with van der Waals surface area (Å²) in [5, 5.41) is 4.21. The average molecular weight is 221 g/mol. The Morgan fingerprint density at radius 1 is 1.50 bits per heavy atom. The second-order valence-electron chi connectivity index (χ2n) is 4.59. The molecule has 0 radical (unpaired) electrons. The maximum absolute atomic E-state index is 11.5. The standard InChI is InChI=1S/C11H15N3O2/c1-8-5-10(11(15)16-8)13-6-9(7-13)14-4-2-3-12-14/h2-4,8-10H,5-7H2,1H3/t8-,10-/m1/s1. The lowest BCUT2D eigenvalue weighted by Gasteiger charge is -2.41. The second-order valence-corrected chi connectivity index (χ2v) is 4.59. The summed E-state index contributed by atoms with van der Waals surface area (Å²) in [6.07, 6.45) is 4.65. The summed E-state index contributed by atoms with van der Waals surface area (Å²) in [6, 6.07) is 2.31. The number of likely N-dealkylation sites (tertiary alicyclic amines) is 1. The molecule has 0 unspecified atom stereocenters. The van der Waals surface area contributed by atoms with Crippen LogP contribution in [-0.4, -0.2) is 45.9 Å². The highest BCUT2D eigenvalue weighted by Crippen LogP contribution is 2.28. The van der Waals surface area contributed by atoms with Gasteiger partial charge in [0.25, 0.3) is 0 Å². The monoisotopic (exact) mass is 221 g/mol. The van der Waals surface area contributed by atoms with Gasteiger partial charge in [-0.3, -0.25) is 14.4 Å². The fourth-order valence-electron chi connectivity index (χ4n) is 2.44. The van der Waals surface area contributed by atoms with Gasteiger partial charge in [-0.25, -0.2) is 0 Å². The topological polar surface area (TPSA) is 47.4 Å². The van der Waals surface area contributed by atoms with Crippen molar-refractivity contribution in [3.8, 4) is 0 Å². The van der Waals surface area contributed by atoms with Crippen LogP contribution in [0.15, 0.2) is 18.5 Å². The number of ether oxygens (including phenoxy) is 1. The van der Waals surface area contributed by atoms with Gasteiger partial charge in [-0.05, 0) is 13.0 Å². The molecule has 0 bridgehead atoms. The molecule has 0 aromatic carbocycles. The van der Waals surface area contributed by atoms with E-state index in [9.17, 15) is 4.79 Å². The minimum absolute atomic E-state index is 0.0261. The zero-order valence-electron chi connectivity index (χ0n) is 9.24. The zero-order valence-corrected chi connectivity index (χ0v) is 9.24. The molecule has 5 heteroatoms. The third kappa shape index (κ3) is 1.51. The number of hydrogen-bond donors (Lipinski definition) is 0. The predicted molar refractivity (Wildman–Crippen MR) is 56.8 cm³/mol. The van der Waals surface area contributed by atoms with E-state index in [1.54, 1.807) is 6.20 Å². The molecule has 0 amide bonds. The van der Waals surface area contributed by atoms with E-state index in [0.29, 0.717) is 6.04 Å². The summed E-state index contributed by atoms with van der Waals surface area (Å²) in [5.74, 6) is -0.0635. The molecule has 1 aromatic heterocycles. The van der Waals surface area contributed by atoms with Crippen molar-refractivity contribution in [2.75, 3.05) is 13.1 Å². The van der Waals surface area contributed by atoms with Crippen LogP contribution >= 0.6 is 0 Å². The Bertz CT molecular complexity index is 384. The summed E-state index contributed by atoms with van der Waals surface area (Å²) in [7, 11) is 0.